The number of methoxy groups -OCH3 is 2. The maximum atomic E-state index is 13.2. The van der Waals surface area contributed by atoms with Gasteiger partial charge in [-0.1, -0.05) is 42.1 Å². The molecule has 2 amide bonds. The minimum Gasteiger partial charge on any atom is -0.493 e. The Bertz CT molecular complexity index is 1370. The van der Waals surface area contributed by atoms with Crippen molar-refractivity contribution in [1.29, 1.82) is 0 Å². The number of fused-ring (bicyclic) bond motifs is 2. The summed E-state index contributed by atoms with van der Waals surface area (Å²) >= 11 is 1.40. The van der Waals surface area contributed by atoms with Crippen LogP contribution in [0.15, 0.2) is 70.5 Å². The van der Waals surface area contributed by atoms with Crippen LogP contribution in [0.1, 0.15) is 45.9 Å². The molecule has 0 aromatic heterocycles. The molecule has 1 unspecified atom stereocenters. The van der Waals surface area contributed by atoms with Gasteiger partial charge in [0.25, 0.3) is 11.8 Å². The predicted octanol–water partition coefficient (Wildman–Crippen LogP) is 5.62. The van der Waals surface area contributed by atoms with Crippen molar-refractivity contribution < 1.29 is 19.1 Å². The summed E-state index contributed by atoms with van der Waals surface area (Å²) in [5.74, 6) is 0.982. The van der Waals surface area contributed by atoms with Crippen molar-refractivity contribution in [3.05, 3.63) is 87.8 Å². The Morgan fingerprint density at radius 1 is 1.06 bits per heavy atom. The number of carbonyl (C=O) groups excluding carboxylic acids is 2. The molecule has 184 valence electrons. The second kappa shape index (κ2) is 10.1. The number of hydrogen-bond acceptors (Lipinski definition) is 5. The number of likely N-dealkylation sites (N-methyl/N-ethyl adjacent to an activating group) is 1. The first-order valence-electron chi connectivity index (χ1n) is 11.9. The first-order chi connectivity index (χ1) is 17.5. The van der Waals surface area contributed by atoms with Gasteiger partial charge in [0.2, 0.25) is 0 Å². The van der Waals surface area contributed by atoms with Gasteiger partial charge in [0.1, 0.15) is 0 Å². The van der Waals surface area contributed by atoms with E-state index in [0.717, 1.165) is 35.4 Å². The SMILES string of the molecule is COc1ccc(C=C2Sc3ccc(C(=O)NC4CCCc5ccccc54)cc3N(C)C2=O)cc1OC. The predicted molar refractivity (Wildman–Crippen MR) is 143 cm³/mol. The number of nitrogens with one attached hydrogen (secondary N) is 1. The van der Waals surface area contributed by atoms with Crippen LogP contribution in [0, 0.1) is 0 Å². The van der Waals surface area contributed by atoms with Gasteiger partial charge in [0.05, 0.1) is 30.9 Å². The van der Waals surface area contributed by atoms with E-state index < -0.39 is 0 Å². The lowest BCUT2D eigenvalue weighted by atomic mass is 9.87. The minimum atomic E-state index is -0.128. The third-order valence-electron chi connectivity index (χ3n) is 6.70. The van der Waals surface area contributed by atoms with Crippen LogP contribution < -0.4 is 19.7 Å². The van der Waals surface area contributed by atoms with Crippen molar-refractivity contribution in [3.63, 3.8) is 0 Å². The Balaban J connectivity index is 1.37. The summed E-state index contributed by atoms with van der Waals surface area (Å²) in [6.45, 7) is 0. The largest absolute Gasteiger partial charge is 0.493 e. The average Bonchev–Trinajstić information content (AvgIpc) is 2.91. The standard InChI is InChI=1S/C29H28N2O4S/c1-31-23-17-20(28(32)30-22-10-6-8-19-7-4-5-9-21(19)22)12-14-26(23)36-27(29(31)33)16-18-11-13-24(34-2)25(15-18)35-3/h4-5,7,9,11-17,22H,6,8,10H2,1-3H3,(H,30,32). The van der Waals surface area contributed by atoms with E-state index >= 15 is 0 Å². The zero-order chi connectivity index (χ0) is 25.2. The molecule has 0 saturated heterocycles. The smallest absolute Gasteiger partial charge is 0.264 e. The van der Waals surface area contributed by atoms with Gasteiger partial charge in [0.15, 0.2) is 11.5 Å². The van der Waals surface area contributed by atoms with Crippen molar-refractivity contribution in [1.82, 2.24) is 5.32 Å². The average molecular weight is 501 g/mol. The lowest BCUT2D eigenvalue weighted by molar-refractivity contribution is -0.114. The normalized spacial score (nSPS) is 17.9. The molecule has 1 heterocycles. The van der Waals surface area contributed by atoms with E-state index in [1.165, 1.54) is 22.9 Å². The zero-order valence-electron chi connectivity index (χ0n) is 20.5. The summed E-state index contributed by atoms with van der Waals surface area (Å²) in [6.07, 6.45) is 4.86. The van der Waals surface area contributed by atoms with Crippen LogP contribution in [0.4, 0.5) is 5.69 Å². The summed E-state index contributed by atoms with van der Waals surface area (Å²) in [6, 6.07) is 19.4. The molecule has 3 aromatic carbocycles. The number of thioether (sulfide) groups is 1. The van der Waals surface area contributed by atoms with E-state index in [0.29, 0.717) is 22.0 Å². The number of amides is 2. The second-order valence-corrected chi connectivity index (χ2v) is 9.97. The molecule has 3 aromatic rings. The van der Waals surface area contributed by atoms with Crippen molar-refractivity contribution in [2.45, 2.75) is 30.2 Å². The van der Waals surface area contributed by atoms with Gasteiger partial charge < -0.3 is 19.7 Å². The molecule has 1 N–H and O–H groups in total. The van der Waals surface area contributed by atoms with E-state index in [-0.39, 0.29) is 17.9 Å². The van der Waals surface area contributed by atoms with Gasteiger partial charge in [0, 0.05) is 17.5 Å². The summed E-state index contributed by atoms with van der Waals surface area (Å²) in [4.78, 5) is 29.5. The highest BCUT2D eigenvalue weighted by Gasteiger charge is 2.28. The summed E-state index contributed by atoms with van der Waals surface area (Å²) < 4.78 is 10.7. The monoisotopic (exact) mass is 500 g/mol. The Morgan fingerprint density at radius 3 is 2.67 bits per heavy atom. The molecule has 5 rings (SSSR count). The molecule has 0 saturated carbocycles. The molecule has 7 heteroatoms. The quantitative estimate of drug-likeness (QED) is 0.461. The van der Waals surface area contributed by atoms with E-state index in [1.54, 1.807) is 32.2 Å². The van der Waals surface area contributed by atoms with Gasteiger partial charge in [-0.3, -0.25) is 9.59 Å². The topological polar surface area (TPSA) is 67.9 Å². The lowest BCUT2D eigenvalue weighted by Crippen LogP contribution is -2.32. The minimum absolute atomic E-state index is 0.00300. The summed E-state index contributed by atoms with van der Waals surface area (Å²) in [7, 11) is 4.91. The first kappa shape index (κ1) is 24.0. The van der Waals surface area contributed by atoms with Crippen LogP contribution in [-0.2, 0) is 11.2 Å². The van der Waals surface area contributed by atoms with Gasteiger partial charge in [-0.05, 0) is 72.4 Å². The maximum absolute atomic E-state index is 13.2. The molecular formula is C29H28N2O4S. The number of aryl methyl sites for hydroxylation is 1. The molecular weight excluding hydrogens is 472 g/mol. The van der Waals surface area contributed by atoms with Gasteiger partial charge in [-0.2, -0.15) is 0 Å². The molecule has 0 spiro atoms. The van der Waals surface area contributed by atoms with E-state index in [9.17, 15) is 9.59 Å². The van der Waals surface area contributed by atoms with Crippen molar-refractivity contribution >= 4 is 35.3 Å². The third kappa shape index (κ3) is 4.58. The number of ether oxygens (including phenoxy) is 2. The molecule has 1 atom stereocenters. The fourth-order valence-corrected chi connectivity index (χ4v) is 5.87. The van der Waals surface area contributed by atoms with E-state index in [4.69, 9.17) is 9.47 Å². The molecule has 1 aliphatic heterocycles. The van der Waals surface area contributed by atoms with Gasteiger partial charge >= 0.3 is 0 Å². The third-order valence-corrected chi connectivity index (χ3v) is 7.78. The number of anilines is 1. The molecule has 6 nitrogen and oxygen atoms in total. The fraction of sp³-hybridized carbons (Fsp3) is 0.241. The number of nitrogens with zero attached hydrogens (tertiary/aromatic N) is 1. The number of benzene rings is 3. The van der Waals surface area contributed by atoms with Crippen LogP contribution >= 0.6 is 11.8 Å². The highest BCUT2D eigenvalue weighted by Crippen LogP contribution is 2.42. The number of hydrogen-bond donors (Lipinski definition) is 1. The van der Waals surface area contributed by atoms with Crippen molar-refractivity contribution in [2.75, 3.05) is 26.2 Å². The van der Waals surface area contributed by atoms with Crippen LogP contribution in [-0.4, -0.2) is 33.1 Å². The second-order valence-electron chi connectivity index (χ2n) is 8.89. The van der Waals surface area contributed by atoms with Crippen LogP contribution in [0.5, 0.6) is 11.5 Å². The Hall–Kier alpha value is -3.71. The number of rotatable bonds is 5. The molecule has 36 heavy (non-hydrogen) atoms. The molecule has 2 aliphatic rings. The van der Waals surface area contributed by atoms with Crippen molar-refractivity contribution in [2.24, 2.45) is 0 Å². The maximum Gasteiger partial charge on any atom is 0.264 e. The number of carbonyl (C=O) groups is 2. The van der Waals surface area contributed by atoms with E-state index in [1.807, 2.05) is 48.5 Å². The molecule has 0 bridgehead atoms. The first-order valence-corrected chi connectivity index (χ1v) is 12.7. The van der Waals surface area contributed by atoms with E-state index in [2.05, 4.69) is 17.4 Å². The van der Waals surface area contributed by atoms with Gasteiger partial charge in [-0.15, -0.1) is 0 Å². The fourth-order valence-electron chi connectivity index (χ4n) is 4.77. The molecule has 1 aliphatic carbocycles. The summed E-state index contributed by atoms with van der Waals surface area (Å²) in [5, 5.41) is 3.20. The van der Waals surface area contributed by atoms with Crippen LogP contribution in [0.25, 0.3) is 6.08 Å². The molecule has 0 radical (unpaired) electrons. The Kier molecular flexibility index (Phi) is 6.74. The lowest BCUT2D eigenvalue weighted by Gasteiger charge is -2.28. The van der Waals surface area contributed by atoms with Crippen molar-refractivity contribution in [3.8, 4) is 11.5 Å². The highest BCUT2D eigenvalue weighted by atomic mass is 32.2. The van der Waals surface area contributed by atoms with Gasteiger partial charge in [-0.25, -0.2) is 0 Å². The van der Waals surface area contributed by atoms with Crippen LogP contribution in [0.3, 0.4) is 0 Å². The zero-order valence-corrected chi connectivity index (χ0v) is 21.4. The Morgan fingerprint density at radius 2 is 1.86 bits per heavy atom. The summed E-state index contributed by atoms with van der Waals surface area (Å²) in [5.41, 5.74) is 4.61. The highest BCUT2D eigenvalue weighted by molar-refractivity contribution is 8.04. The van der Waals surface area contributed by atoms with Crippen LogP contribution in [0.2, 0.25) is 0 Å². The Labute approximate surface area is 215 Å². The molecule has 0 fully saturated rings.